The number of rotatable bonds is 8. The molecule has 3 aromatic carbocycles. The van der Waals surface area contributed by atoms with Crippen molar-refractivity contribution >= 4 is 29.3 Å². The number of carbonyl (C=O) groups excluding carboxylic acids is 2. The van der Waals surface area contributed by atoms with E-state index < -0.39 is 0 Å². The Hall–Kier alpha value is -3.91. The zero-order chi connectivity index (χ0) is 23.9. The van der Waals surface area contributed by atoms with Crippen LogP contribution in [0.3, 0.4) is 0 Å². The van der Waals surface area contributed by atoms with Crippen molar-refractivity contribution in [3.05, 3.63) is 90.5 Å². The van der Waals surface area contributed by atoms with Gasteiger partial charge in [-0.3, -0.25) is 14.2 Å². The van der Waals surface area contributed by atoms with Crippen LogP contribution in [0.25, 0.3) is 17.1 Å². The fraction of sp³-hybridized carbons (Fsp3) is 0.154. The fourth-order valence-electron chi connectivity index (χ4n) is 3.39. The lowest BCUT2D eigenvalue weighted by Gasteiger charge is -2.13. The highest BCUT2D eigenvalue weighted by atomic mass is 32.2. The summed E-state index contributed by atoms with van der Waals surface area (Å²) in [5, 5.41) is 15.1. The number of amides is 2. The summed E-state index contributed by atoms with van der Waals surface area (Å²) in [5.74, 6) is 0.346. The maximum absolute atomic E-state index is 12.8. The molecule has 0 fully saturated rings. The van der Waals surface area contributed by atoms with Gasteiger partial charge in [-0.15, -0.1) is 10.2 Å². The van der Waals surface area contributed by atoms with Crippen LogP contribution >= 0.6 is 11.8 Å². The first-order chi connectivity index (χ1) is 16.5. The number of benzene rings is 3. The highest BCUT2D eigenvalue weighted by molar-refractivity contribution is 7.99. The Morgan fingerprint density at radius 1 is 0.882 bits per heavy atom. The van der Waals surface area contributed by atoms with Crippen molar-refractivity contribution in [2.24, 2.45) is 0 Å². The predicted molar refractivity (Wildman–Crippen MR) is 135 cm³/mol. The summed E-state index contributed by atoms with van der Waals surface area (Å²) in [7, 11) is 0. The van der Waals surface area contributed by atoms with Gasteiger partial charge in [0, 0.05) is 17.3 Å². The second-order valence-electron chi connectivity index (χ2n) is 7.85. The minimum Gasteiger partial charge on any atom is -0.350 e. The Morgan fingerprint density at radius 3 is 2.24 bits per heavy atom. The third-order valence-corrected chi connectivity index (χ3v) is 5.81. The summed E-state index contributed by atoms with van der Waals surface area (Å²) in [6, 6.07) is 26.6. The van der Waals surface area contributed by atoms with Crippen LogP contribution in [0.5, 0.6) is 0 Å². The third kappa shape index (κ3) is 5.52. The maximum atomic E-state index is 12.8. The minimum absolute atomic E-state index is 0.00466. The van der Waals surface area contributed by atoms with Gasteiger partial charge >= 0.3 is 0 Å². The summed E-state index contributed by atoms with van der Waals surface area (Å²) in [4.78, 5) is 25.3. The molecule has 0 radical (unpaired) electrons. The summed E-state index contributed by atoms with van der Waals surface area (Å²) < 4.78 is 1.94. The number of carbonyl (C=O) groups is 2. The predicted octanol–water partition coefficient (Wildman–Crippen LogP) is 4.80. The van der Waals surface area contributed by atoms with Crippen molar-refractivity contribution in [3.63, 3.8) is 0 Å². The van der Waals surface area contributed by atoms with Crippen molar-refractivity contribution in [2.45, 2.75) is 25.0 Å². The number of anilines is 1. The van der Waals surface area contributed by atoms with E-state index in [-0.39, 0.29) is 23.6 Å². The summed E-state index contributed by atoms with van der Waals surface area (Å²) >= 11 is 1.29. The van der Waals surface area contributed by atoms with Crippen LogP contribution < -0.4 is 10.6 Å². The molecule has 4 aromatic rings. The summed E-state index contributed by atoms with van der Waals surface area (Å²) in [6.07, 6.45) is 0. The number of para-hydroxylation sites is 2. The topological polar surface area (TPSA) is 88.9 Å². The van der Waals surface area contributed by atoms with Gasteiger partial charge in [0.2, 0.25) is 5.91 Å². The standard InChI is InChI=1S/C26H25N5O2S/c1-18(2)27-25(33)21-15-9-10-16-22(21)28-23(32)17-34-26-30-29-24(19-11-5-3-6-12-19)31(26)20-13-7-4-8-14-20/h3-16,18H,17H2,1-2H3,(H,27,33)(H,28,32). The lowest BCUT2D eigenvalue weighted by molar-refractivity contribution is -0.113. The summed E-state index contributed by atoms with van der Waals surface area (Å²) in [5.41, 5.74) is 2.74. The molecule has 2 amide bonds. The Balaban J connectivity index is 1.53. The molecule has 7 nitrogen and oxygen atoms in total. The average molecular weight is 472 g/mol. The number of hydrogen-bond donors (Lipinski definition) is 2. The molecule has 4 rings (SSSR count). The molecule has 0 aliphatic carbocycles. The van der Waals surface area contributed by atoms with Gasteiger partial charge in [0.25, 0.3) is 5.91 Å². The molecule has 1 heterocycles. The van der Waals surface area contributed by atoms with Gasteiger partial charge in [0.05, 0.1) is 17.0 Å². The van der Waals surface area contributed by atoms with Crippen LogP contribution in [-0.4, -0.2) is 38.4 Å². The molecule has 0 saturated carbocycles. The molecular formula is C26H25N5O2S. The lowest BCUT2D eigenvalue weighted by atomic mass is 10.1. The highest BCUT2D eigenvalue weighted by Gasteiger charge is 2.18. The van der Waals surface area contributed by atoms with E-state index in [4.69, 9.17) is 0 Å². The molecule has 0 unspecified atom stereocenters. The van der Waals surface area contributed by atoms with Crippen molar-refractivity contribution in [2.75, 3.05) is 11.1 Å². The molecule has 172 valence electrons. The van der Waals surface area contributed by atoms with Gasteiger partial charge in [-0.1, -0.05) is 72.4 Å². The van der Waals surface area contributed by atoms with E-state index in [2.05, 4.69) is 20.8 Å². The van der Waals surface area contributed by atoms with Crippen LogP contribution in [0.2, 0.25) is 0 Å². The van der Waals surface area contributed by atoms with Gasteiger partial charge in [-0.2, -0.15) is 0 Å². The van der Waals surface area contributed by atoms with E-state index in [0.29, 0.717) is 22.2 Å². The first-order valence-electron chi connectivity index (χ1n) is 10.9. The highest BCUT2D eigenvalue weighted by Crippen LogP contribution is 2.28. The van der Waals surface area contributed by atoms with Crippen LogP contribution in [0.1, 0.15) is 24.2 Å². The zero-order valence-electron chi connectivity index (χ0n) is 18.9. The van der Waals surface area contributed by atoms with Gasteiger partial charge < -0.3 is 10.6 Å². The zero-order valence-corrected chi connectivity index (χ0v) is 19.8. The molecule has 0 bridgehead atoms. The third-order valence-electron chi connectivity index (χ3n) is 4.88. The molecule has 0 saturated heterocycles. The van der Waals surface area contributed by atoms with Crippen LogP contribution in [0.4, 0.5) is 5.69 Å². The van der Waals surface area contributed by atoms with Gasteiger partial charge in [0.15, 0.2) is 11.0 Å². The Morgan fingerprint density at radius 2 is 1.53 bits per heavy atom. The van der Waals surface area contributed by atoms with E-state index in [9.17, 15) is 9.59 Å². The number of hydrogen-bond acceptors (Lipinski definition) is 5. The lowest BCUT2D eigenvalue weighted by Crippen LogP contribution is -2.31. The largest absolute Gasteiger partial charge is 0.350 e. The van der Waals surface area contributed by atoms with E-state index >= 15 is 0 Å². The molecule has 0 spiro atoms. The molecule has 8 heteroatoms. The van der Waals surface area contributed by atoms with Gasteiger partial charge in [-0.25, -0.2) is 0 Å². The van der Waals surface area contributed by atoms with Crippen molar-refractivity contribution < 1.29 is 9.59 Å². The normalized spacial score (nSPS) is 10.8. The molecule has 0 aliphatic rings. The van der Waals surface area contributed by atoms with Crippen LogP contribution in [0, 0.1) is 0 Å². The first-order valence-corrected chi connectivity index (χ1v) is 11.9. The Labute approximate surface area is 202 Å². The van der Waals surface area contributed by atoms with E-state index in [1.807, 2.05) is 79.1 Å². The monoisotopic (exact) mass is 471 g/mol. The quantitative estimate of drug-likeness (QED) is 0.360. The SMILES string of the molecule is CC(C)NC(=O)c1ccccc1NC(=O)CSc1nnc(-c2ccccc2)n1-c1ccccc1. The van der Waals surface area contributed by atoms with E-state index in [1.54, 1.807) is 24.3 Å². The second-order valence-corrected chi connectivity index (χ2v) is 8.80. The molecular weight excluding hydrogens is 446 g/mol. The number of aromatic nitrogens is 3. The second kappa shape index (κ2) is 10.8. The number of nitrogens with one attached hydrogen (secondary N) is 2. The van der Waals surface area contributed by atoms with Crippen molar-refractivity contribution in [1.29, 1.82) is 0 Å². The van der Waals surface area contributed by atoms with Gasteiger partial charge in [-0.05, 0) is 38.1 Å². The Bertz CT molecular complexity index is 1270. The van der Waals surface area contributed by atoms with Crippen molar-refractivity contribution in [1.82, 2.24) is 20.1 Å². The Kier molecular flexibility index (Phi) is 7.39. The number of thioether (sulfide) groups is 1. The minimum atomic E-state index is -0.237. The average Bonchev–Trinajstić information content (AvgIpc) is 3.28. The summed E-state index contributed by atoms with van der Waals surface area (Å²) in [6.45, 7) is 3.78. The number of nitrogens with zero attached hydrogens (tertiary/aromatic N) is 3. The molecule has 1 aromatic heterocycles. The fourth-order valence-corrected chi connectivity index (χ4v) is 4.15. The van der Waals surface area contributed by atoms with Crippen LogP contribution in [0.15, 0.2) is 90.1 Å². The maximum Gasteiger partial charge on any atom is 0.253 e. The van der Waals surface area contributed by atoms with Crippen LogP contribution in [-0.2, 0) is 4.79 Å². The first kappa shape index (κ1) is 23.3. The molecule has 0 aliphatic heterocycles. The van der Waals surface area contributed by atoms with Crippen molar-refractivity contribution in [3.8, 4) is 17.1 Å². The molecule has 34 heavy (non-hydrogen) atoms. The smallest absolute Gasteiger partial charge is 0.253 e. The molecule has 0 atom stereocenters. The van der Waals surface area contributed by atoms with E-state index in [1.165, 1.54) is 11.8 Å². The molecule has 2 N–H and O–H groups in total. The van der Waals surface area contributed by atoms with E-state index in [0.717, 1.165) is 11.3 Å². The van der Waals surface area contributed by atoms with Gasteiger partial charge in [0.1, 0.15) is 0 Å².